The molecule has 0 bridgehead atoms. The zero-order valence-corrected chi connectivity index (χ0v) is 8.05. The highest BCUT2D eigenvalue weighted by molar-refractivity contribution is 14.1. The number of halogens is 1. The van der Waals surface area contributed by atoms with Crippen LogP contribution in [0.1, 0.15) is 11.3 Å². The van der Waals surface area contributed by atoms with E-state index in [9.17, 15) is 5.21 Å². The summed E-state index contributed by atoms with van der Waals surface area (Å²) in [6.45, 7) is 3.77. The van der Waals surface area contributed by atoms with Gasteiger partial charge in [0, 0.05) is 22.1 Å². The van der Waals surface area contributed by atoms with Crippen molar-refractivity contribution in [2.24, 2.45) is 0 Å². The maximum Gasteiger partial charge on any atom is 0.193 e. The van der Waals surface area contributed by atoms with Gasteiger partial charge in [-0.2, -0.15) is 4.73 Å². The van der Waals surface area contributed by atoms with Crippen LogP contribution in [0.15, 0.2) is 12.3 Å². The van der Waals surface area contributed by atoms with Crippen molar-refractivity contribution in [1.82, 2.24) is 0 Å². The van der Waals surface area contributed by atoms with Crippen molar-refractivity contribution in [3.05, 3.63) is 32.3 Å². The van der Waals surface area contributed by atoms with Gasteiger partial charge >= 0.3 is 0 Å². The number of pyridine rings is 1. The summed E-state index contributed by atoms with van der Waals surface area (Å²) < 4.78 is 2.03. The van der Waals surface area contributed by atoms with Gasteiger partial charge in [-0.1, -0.05) is 0 Å². The van der Waals surface area contributed by atoms with Crippen LogP contribution in [-0.2, 0) is 0 Å². The van der Waals surface area contributed by atoms with Crippen LogP contribution in [0.4, 0.5) is 0 Å². The molecule has 1 rings (SSSR count). The first-order valence-corrected chi connectivity index (χ1v) is 4.05. The van der Waals surface area contributed by atoms with E-state index in [0.717, 1.165) is 19.6 Å². The third-order valence-electron chi connectivity index (χ3n) is 1.59. The smallest absolute Gasteiger partial charge is 0.193 e. The first-order chi connectivity index (χ1) is 4.63. The van der Waals surface area contributed by atoms with Crippen LogP contribution in [0.2, 0.25) is 0 Å². The zero-order chi connectivity index (χ0) is 7.72. The van der Waals surface area contributed by atoms with Gasteiger partial charge in [-0.15, -0.1) is 0 Å². The lowest BCUT2D eigenvalue weighted by Gasteiger charge is -2.03. The summed E-state index contributed by atoms with van der Waals surface area (Å²) in [5.41, 5.74) is 1.85. The minimum Gasteiger partial charge on any atom is -0.619 e. The van der Waals surface area contributed by atoms with Crippen LogP contribution in [0.5, 0.6) is 0 Å². The van der Waals surface area contributed by atoms with Crippen LogP contribution in [-0.4, -0.2) is 0 Å². The summed E-state index contributed by atoms with van der Waals surface area (Å²) in [4.78, 5) is 0. The molecule has 0 N–H and O–H groups in total. The largest absolute Gasteiger partial charge is 0.619 e. The fraction of sp³-hybridized carbons (Fsp3) is 0.286. The second kappa shape index (κ2) is 2.74. The number of rotatable bonds is 0. The molecule has 0 unspecified atom stereocenters. The summed E-state index contributed by atoms with van der Waals surface area (Å²) in [6.07, 6.45) is 1.53. The third kappa shape index (κ3) is 1.23. The molecular weight excluding hydrogens is 241 g/mol. The van der Waals surface area contributed by atoms with E-state index in [-0.39, 0.29) is 0 Å². The molecule has 2 nitrogen and oxygen atoms in total. The highest BCUT2D eigenvalue weighted by atomic mass is 127. The van der Waals surface area contributed by atoms with Gasteiger partial charge in [0.15, 0.2) is 11.9 Å². The van der Waals surface area contributed by atoms with E-state index in [0.29, 0.717) is 0 Å². The molecule has 0 saturated heterocycles. The molecule has 0 atom stereocenters. The van der Waals surface area contributed by atoms with Crippen molar-refractivity contribution in [3.8, 4) is 0 Å². The molecule has 1 aromatic rings. The third-order valence-corrected chi connectivity index (χ3v) is 2.76. The van der Waals surface area contributed by atoms with Gasteiger partial charge in [0.25, 0.3) is 0 Å². The van der Waals surface area contributed by atoms with E-state index >= 15 is 0 Å². The summed E-state index contributed by atoms with van der Waals surface area (Å²) in [6, 6.07) is 1.82. The van der Waals surface area contributed by atoms with Crippen LogP contribution in [0.3, 0.4) is 0 Å². The lowest BCUT2D eigenvalue weighted by atomic mass is 10.2. The van der Waals surface area contributed by atoms with Gasteiger partial charge in [-0.25, -0.2) is 0 Å². The molecular formula is C7H8INO. The lowest BCUT2D eigenvalue weighted by molar-refractivity contribution is -0.612. The van der Waals surface area contributed by atoms with Gasteiger partial charge in [0.2, 0.25) is 0 Å². The Bertz CT molecular complexity index is 233. The van der Waals surface area contributed by atoms with Crippen molar-refractivity contribution in [2.75, 3.05) is 0 Å². The number of aromatic nitrogens is 1. The number of hydrogen-bond donors (Lipinski definition) is 0. The average molecular weight is 249 g/mol. The predicted molar refractivity (Wildman–Crippen MR) is 47.6 cm³/mol. The number of hydrogen-bond acceptors (Lipinski definition) is 1. The minimum absolute atomic E-state index is 0.784. The van der Waals surface area contributed by atoms with Crippen LogP contribution >= 0.6 is 22.6 Å². The Morgan fingerprint density at radius 1 is 1.50 bits per heavy atom. The van der Waals surface area contributed by atoms with Gasteiger partial charge in [0.05, 0.1) is 0 Å². The maximum atomic E-state index is 10.9. The first kappa shape index (κ1) is 7.78. The Morgan fingerprint density at radius 2 is 2.10 bits per heavy atom. The summed E-state index contributed by atoms with van der Waals surface area (Å²) in [5.74, 6) is 0. The Balaban J connectivity index is 3.34. The normalized spacial score (nSPS) is 9.90. The maximum absolute atomic E-state index is 10.9. The molecule has 0 saturated carbocycles. The lowest BCUT2D eigenvalue weighted by Crippen LogP contribution is -2.30. The van der Waals surface area contributed by atoms with E-state index in [1.54, 1.807) is 0 Å². The molecule has 0 aromatic carbocycles. The summed E-state index contributed by atoms with van der Waals surface area (Å²) in [7, 11) is 0. The molecule has 0 aliphatic heterocycles. The van der Waals surface area contributed by atoms with Crippen LogP contribution in [0, 0.1) is 22.6 Å². The van der Waals surface area contributed by atoms with Gasteiger partial charge < -0.3 is 5.21 Å². The van der Waals surface area contributed by atoms with Crippen molar-refractivity contribution in [1.29, 1.82) is 0 Å². The molecule has 0 aliphatic rings. The predicted octanol–water partition coefficient (Wildman–Crippen LogP) is 1.54. The fourth-order valence-corrected chi connectivity index (χ4v) is 1.26. The molecule has 0 spiro atoms. The fourth-order valence-electron chi connectivity index (χ4n) is 0.708. The Labute approximate surface area is 73.6 Å². The molecule has 1 heterocycles. The van der Waals surface area contributed by atoms with Crippen molar-refractivity contribution >= 4 is 22.6 Å². The molecule has 0 amide bonds. The van der Waals surface area contributed by atoms with Crippen LogP contribution in [0.25, 0.3) is 0 Å². The second-order valence-electron chi connectivity index (χ2n) is 2.20. The Hall–Kier alpha value is -0.320. The molecule has 3 heteroatoms. The van der Waals surface area contributed by atoms with E-state index in [2.05, 4.69) is 22.6 Å². The second-order valence-corrected chi connectivity index (χ2v) is 3.36. The molecule has 0 radical (unpaired) electrons. The Kier molecular flexibility index (Phi) is 2.13. The topological polar surface area (TPSA) is 26.9 Å². The minimum atomic E-state index is 0.784. The van der Waals surface area contributed by atoms with Gasteiger partial charge in [-0.05, 0) is 29.5 Å². The first-order valence-electron chi connectivity index (χ1n) is 2.98. The van der Waals surface area contributed by atoms with E-state index in [1.807, 2.05) is 19.9 Å². The van der Waals surface area contributed by atoms with E-state index in [1.165, 1.54) is 6.20 Å². The molecule has 0 aliphatic carbocycles. The van der Waals surface area contributed by atoms with Crippen LogP contribution < -0.4 is 4.73 Å². The SMILES string of the molecule is Cc1c(I)cc[n+]([O-])c1C. The van der Waals surface area contributed by atoms with Crippen molar-refractivity contribution in [2.45, 2.75) is 13.8 Å². The Morgan fingerprint density at radius 3 is 2.60 bits per heavy atom. The van der Waals surface area contributed by atoms with Gasteiger partial charge in [0.1, 0.15) is 0 Å². The van der Waals surface area contributed by atoms with Crippen molar-refractivity contribution < 1.29 is 4.73 Å². The standard InChI is InChI=1S/C7H8INO/c1-5-6(2)9(10)4-3-7(5)8/h3-4H,1-2H3. The van der Waals surface area contributed by atoms with Gasteiger partial charge in [-0.3, -0.25) is 0 Å². The highest BCUT2D eigenvalue weighted by Crippen LogP contribution is 2.10. The monoisotopic (exact) mass is 249 g/mol. The van der Waals surface area contributed by atoms with E-state index < -0.39 is 0 Å². The number of nitrogens with zero attached hydrogens (tertiary/aromatic N) is 1. The quantitative estimate of drug-likeness (QED) is 0.389. The summed E-state index contributed by atoms with van der Waals surface area (Å²) in [5, 5.41) is 10.9. The highest BCUT2D eigenvalue weighted by Gasteiger charge is 2.04. The molecule has 54 valence electrons. The van der Waals surface area contributed by atoms with Crippen molar-refractivity contribution in [3.63, 3.8) is 0 Å². The summed E-state index contributed by atoms with van der Waals surface area (Å²) >= 11 is 2.21. The molecule has 10 heavy (non-hydrogen) atoms. The average Bonchev–Trinajstić information content (AvgIpc) is 1.93. The molecule has 0 fully saturated rings. The zero-order valence-electron chi connectivity index (χ0n) is 5.89. The van der Waals surface area contributed by atoms with E-state index in [4.69, 9.17) is 0 Å². The molecule has 1 aromatic heterocycles.